The first-order valence-electron chi connectivity index (χ1n) is 21.8. The van der Waals surface area contributed by atoms with Crippen molar-refractivity contribution in [3.05, 3.63) is 249 Å². The first-order valence-corrected chi connectivity index (χ1v) is 26.6. The maximum atomic E-state index is 5.07. The van der Waals surface area contributed by atoms with Crippen LogP contribution >= 0.6 is 11.8 Å². The summed E-state index contributed by atoms with van der Waals surface area (Å²) in [6, 6.07) is 88.0. The quantitative estimate of drug-likeness (QED) is 0.114. The Kier molecular flexibility index (Phi) is 9.44. The standard InChI is InChI=1S/C58H41N3SSi2/c1-5-21-43(22-6-1)63(44-23-7-2-8-24-44,47-29-19-20-42(40-47)50-30-15-17-38-59-50)48-34-35-49-52(41-48)61(56-33-16-18-39-60-56)51-36-37-55-58(57(49)51)62-53-31-13-14-32-54(53)64(55,45-25-9-3-10-26-45)46-27-11-4-12-28-46/h1-41H. The van der Waals surface area contributed by atoms with E-state index in [0.717, 1.165) is 28.1 Å². The van der Waals surface area contributed by atoms with Crippen molar-refractivity contribution in [2.45, 2.75) is 9.79 Å². The Hall–Kier alpha value is -7.36. The van der Waals surface area contributed by atoms with Crippen molar-refractivity contribution >= 4 is 91.2 Å². The van der Waals surface area contributed by atoms with E-state index in [4.69, 9.17) is 9.97 Å². The Morgan fingerprint density at radius 1 is 0.422 bits per heavy atom. The van der Waals surface area contributed by atoms with Crippen LogP contribution in [0.15, 0.2) is 259 Å². The largest absolute Gasteiger partial charge is 0.294 e. The van der Waals surface area contributed by atoms with Crippen LogP contribution in [0.4, 0.5) is 0 Å². The van der Waals surface area contributed by atoms with Crippen LogP contribution in [-0.4, -0.2) is 30.7 Å². The fourth-order valence-corrected chi connectivity index (χ4v) is 22.5. The highest BCUT2D eigenvalue weighted by Gasteiger charge is 2.48. The number of pyridine rings is 2. The van der Waals surface area contributed by atoms with Gasteiger partial charge in [0, 0.05) is 38.5 Å². The van der Waals surface area contributed by atoms with Crippen LogP contribution in [0, 0.1) is 0 Å². The molecule has 0 saturated carbocycles. The fraction of sp³-hybridized carbons (Fsp3) is 0. The van der Waals surface area contributed by atoms with Gasteiger partial charge in [-0.15, -0.1) is 0 Å². The average molecular weight is 868 g/mol. The molecule has 3 nitrogen and oxygen atoms in total. The second kappa shape index (κ2) is 15.8. The molecule has 3 aromatic heterocycles. The lowest BCUT2D eigenvalue weighted by molar-refractivity contribution is 1.08. The molecule has 0 fully saturated rings. The van der Waals surface area contributed by atoms with E-state index in [1.807, 2.05) is 36.3 Å². The van der Waals surface area contributed by atoms with Crippen LogP contribution in [0.2, 0.25) is 0 Å². The van der Waals surface area contributed by atoms with Gasteiger partial charge in [-0.05, 0) is 84.0 Å². The first-order chi connectivity index (χ1) is 31.8. The molecule has 1 aliphatic heterocycles. The maximum absolute atomic E-state index is 5.07. The van der Waals surface area contributed by atoms with Gasteiger partial charge in [-0.2, -0.15) is 0 Å². The van der Waals surface area contributed by atoms with Crippen molar-refractivity contribution < 1.29 is 0 Å². The summed E-state index contributed by atoms with van der Waals surface area (Å²) in [7, 11) is -5.80. The van der Waals surface area contributed by atoms with Crippen molar-refractivity contribution in [1.82, 2.24) is 14.5 Å². The number of fused-ring (bicyclic) bond motifs is 6. The third-order valence-electron chi connectivity index (χ3n) is 13.2. The highest BCUT2D eigenvalue weighted by molar-refractivity contribution is 8.00. The molecule has 4 heterocycles. The van der Waals surface area contributed by atoms with Crippen LogP contribution in [0.1, 0.15) is 0 Å². The van der Waals surface area contributed by atoms with Crippen molar-refractivity contribution in [1.29, 1.82) is 0 Å². The second-order valence-corrected chi connectivity index (χ2v) is 25.0. The normalized spacial score (nSPS) is 13.1. The van der Waals surface area contributed by atoms with Gasteiger partial charge >= 0.3 is 0 Å². The molecule has 0 amide bonds. The monoisotopic (exact) mass is 867 g/mol. The topological polar surface area (TPSA) is 30.7 Å². The van der Waals surface area contributed by atoms with Crippen molar-refractivity contribution in [2.75, 3.05) is 0 Å². The zero-order valence-electron chi connectivity index (χ0n) is 34.9. The zero-order chi connectivity index (χ0) is 42.5. The molecule has 302 valence electrons. The first kappa shape index (κ1) is 38.3. The summed E-state index contributed by atoms with van der Waals surface area (Å²) < 4.78 is 2.42. The summed E-state index contributed by atoms with van der Waals surface area (Å²) in [4.78, 5) is 12.5. The molecule has 8 aromatic carbocycles. The number of benzene rings is 8. The van der Waals surface area contributed by atoms with E-state index in [-0.39, 0.29) is 0 Å². The molecular formula is C58H41N3SSi2. The SMILES string of the molecule is c1ccc([Si](c2ccccc2)(c2cccc(-c3ccccn3)c2)c2ccc3c4c5c(ccc4n(-c4ccccn4)c3c2)[Si](c2ccccc2)(c2ccccc2)c2ccccc2S5)cc1. The third kappa shape index (κ3) is 5.87. The predicted molar refractivity (Wildman–Crippen MR) is 273 cm³/mol. The molecular weight excluding hydrogens is 827 g/mol. The molecule has 11 aromatic rings. The number of nitrogens with zero attached hydrogens (tertiary/aromatic N) is 3. The van der Waals surface area contributed by atoms with Crippen molar-refractivity contribution in [2.24, 2.45) is 0 Å². The summed E-state index contributed by atoms with van der Waals surface area (Å²) in [5.41, 5.74) is 4.38. The highest BCUT2D eigenvalue weighted by Crippen LogP contribution is 2.42. The second-order valence-electron chi connectivity index (χ2n) is 16.4. The van der Waals surface area contributed by atoms with E-state index < -0.39 is 16.1 Å². The summed E-state index contributed by atoms with van der Waals surface area (Å²) in [5.74, 6) is 0.902. The molecule has 0 spiro atoms. The van der Waals surface area contributed by atoms with E-state index in [0.29, 0.717) is 0 Å². The van der Waals surface area contributed by atoms with Gasteiger partial charge in [-0.1, -0.05) is 206 Å². The molecule has 6 heteroatoms. The summed E-state index contributed by atoms with van der Waals surface area (Å²) >= 11 is 1.93. The molecule has 1 aliphatic rings. The lowest BCUT2D eigenvalue weighted by Gasteiger charge is -2.40. The Balaban J connectivity index is 1.21. The Bertz CT molecular complexity index is 3380. The Morgan fingerprint density at radius 3 is 1.67 bits per heavy atom. The van der Waals surface area contributed by atoms with Crippen LogP contribution in [0.5, 0.6) is 0 Å². The summed E-state index contributed by atoms with van der Waals surface area (Å²) in [6.07, 6.45) is 3.80. The van der Waals surface area contributed by atoms with E-state index in [1.54, 1.807) is 0 Å². The summed E-state index contributed by atoms with van der Waals surface area (Å²) in [6.45, 7) is 0. The minimum atomic E-state index is -3.00. The molecule has 0 radical (unpaired) electrons. The maximum Gasteiger partial charge on any atom is 0.181 e. The minimum absolute atomic E-state index is 0.902. The van der Waals surface area contributed by atoms with Gasteiger partial charge in [0.2, 0.25) is 0 Å². The predicted octanol–water partition coefficient (Wildman–Crippen LogP) is 8.46. The highest BCUT2D eigenvalue weighted by atomic mass is 32.2. The number of rotatable bonds is 8. The van der Waals surface area contributed by atoms with Crippen LogP contribution in [0.25, 0.3) is 38.9 Å². The van der Waals surface area contributed by atoms with E-state index in [2.05, 4.69) is 229 Å². The fourth-order valence-electron chi connectivity index (χ4n) is 10.6. The van der Waals surface area contributed by atoms with Crippen molar-refractivity contribution in [3.63, 3.8) is 0 Å². The summed E-state index contributed by atoms with van der Waals surface area (Å²) in [5, 5.41) is 13.4. The van der Waals surface area contributed by atoms with Gasteiger partial charge < -0.3 is 0 Å². The van der Waals surface area contributed by atoms with E-state index >= 15 is 0 Å². The van der Waals surface area contributed by atoms with E-state index in [9.17, 15) is 0 Å². The molecule has 0 saturated heterocycles. The van der Waals surface area contributed by atoms with Crippen LogP contribution in [0.3, 0.4) is 0 Å². The minimum Gasteiger partial charge on any atom is -0.294 e. The third-order valence-corrected chi connectivity index (χ3v) is 24.4. The molecule has 64 heavy (non-hydrogen) atoms. The van der Waals surface area contributed by atoms with Gasteiger partial charge in [0.15, 0.2) is 16.1 Å². The molecule has 0 aliphatic carbocycles. The molecule has 0 unspecified atom stereocenters. The van der Waals surface area contributed by atoms with Gasteiger partial charge in [0.25, 0.3) is 0 Å². The average Bonchev–Trinajstić information content (AvgIpc) is 3.72. The molecule has 0 bridgehead atoms. The Morgan fingerprint density at radius 2 is 1.02 bits per heavy atom. The molecule has 12 rings (SSSR count). The number of aromatic nitrogens is 3. The Labute approximate surface area is 379 Å². The van der Waals surface area contributed by atoms with Gasteiger partial charge in [0.1, 0.15) is 5.82 Å². The molecule has 0 N–H and O–H groups in total. The van der Waals surface area contributed by atoms with Gasteiger partial charge in [-0.3, -0.25) is 9.55 Å². The van der Waals surface area contributed by atoms with Crippen LogP contribution in [-0.2, 0) is 0 Å². The van der Waals surface area contributed by atoms with Gasteiger partial charge in [-0.25, -0.2) is 4.98 Å². The lowest BCUT2D eigenvalue weighted by atomic mass is 10.1. The molecule has 0 atom stereocenters. The number of hydrogen-bond acceptors (Lipinski definition) is 3. The zero-order valence-corrected chi connectivity index (χ0v) is 37.7. The van der Waals surface area contributed by atoms with Gasteiger partial charge in [0.05, 0.1) is 16.7 Å². The van der Waals surface area contributed by atoms with E-state index in [1.165, 1.54) is 62.1 Å². The van der Waals surface area contributed by atoms with Crippen LogP contribution < -0.4 is 41.5 Å². The lowest BCUT2D eigenvalue weighted by Crippen LogP contribution is -2.76. The smallest absolute Gasteiger partial charge is 0.181 e. The number of hydrogen-bond donors (Lipinski definition) is 0. The van der Waals surface area contributed by atoms with Crippen molar-refractivity contribution in [3.8, 4) is 17.1 Å².